The second-order valence-electron chi connectivity index (χ2n) is 5.88. The van der Waals surface area contributed by atoms with Crippen molar-refractivity contribution in [1.29, 1.82) is 0 Å². The zero-order valence-electron chi connectivity index (χ0n) is 15.0. The molecule has 0 saturated carbocycles. The summed E-state index contributed by atoms with van der Waals surface area (Å²) in [6.07, 6.45) is 3.91. The van der Waals surface area contributed by atoms with Crippen LogP contribution in [0, 0.1) is 0 Å². The van der Waals surface area contributed by atoms with Gasteiger partial charge < -0.3 is 10.2 Å². The van der Waals surface area contributed by atoms with Crippen LogP contribution in [0.5, 0.6) is 0 Å². The molecule has 0 radical (unpaired) electrons. The molecule has 2 aromatic heterocycles. The van der Waals surface area contributed by atoms with E-state index < -0.39 is 0 Å². The molecule has 2 rings (SSSR count). The first-order chi connectivity index (χ1) is 11.0. The van der Waals surface area contributed by atoms with Crippen LogP contribution >= 0.6 is 35.3 Å². The van der Waals surface area contributed by atoms with E-state index in [0.29, 0.717) is 12.5 Å². The number of nitrogens with zero attached hydrogens (tertiary/aromatic N) is 5. The third-order valence-corrected chi connectivity index (χ3v) is 4.52. The molecular formula is C16H27IN6S. The van der Waals surface area contributed by atoms with Gasteiger partial charge in [-0.15, -0.1) is 35.3 Å². The van der Waals surface area contributed by atoms with Crippen LogP contribution in [0.3, 0.4) is 0 Å². The highest BCUT2D eigenvalue weighted by Crippen LogP contribution is 2.19. The van der Waals surface area contributed by atoms with Crippen molar-refractivity contribution in [2.75, 3.05) is 13.6 Å². The summed E-state index contributed by atoms with van der Waals surface area (Å²) in [7, 11) is 3.96. The van der Waals surface area contributed by atoms with E-state index in [2.05, 4.69) is 46.5 Å². The fraction of sp³-hybridized carbons (Fsp3) is 0.562. The Bertz CT molecular complexity index is 649. The molecule has 0 aromatic carbocycles. The van der Waals surface area contributed by atoms with Crippen molar-refractivity contribution >= 4 is 41.3 Å². The number of aliphatic imine (C=N–C) groups is 1. The van der Waals surface area contributed by atoms with E-state index >= 15 is 0 Å². The second-order valence-corrected chi connectivity index (χ2v) is 6.77. The molecule has 0 aliphatic heterocycles. The van der Waals surface area contributed by atoms with Crippen molar-refractivity contribution in [1.82, 2.24) is 25.0 Å². The lowest BCUT2D eigenvalue weighted by Crippen LogP contribution is -2.38. The quantitative estimate of drug-likeness (QED) is 0.407. The Morgan fingerprint density at radius 2 is 2.21 bits per heavy atom. The number of halogens is 1. The number of nitrogens with one attached hydrogen (secondary N) is 1. The van der Waals surface area contributed by atoms with Crippen molar-refractivity contribution in [2.24, 2.45) is 12.0 Å². The van der Waals surface area contributed by atoms with E-state index in [1.165, 1.54) is 5.01 Å². The van der Waals surface area contributed by atoms with Gasteiger partial charge in [-0.3, -0.25) is 4.68 Å². The smallest absolute Gasteiger partial charge is 0.194 e. The summed E-state index contributed by atoms with van der Waals surface area (Å²) in [6, 6.07) is 0. The first-order valence-electron chi connectivity index (χ1n) is 7.90. The summed E-state index contributed by atoms with van der Waals surface area (Å²) >= 11 is 1.71. The monoisotopic (exact) mass is 462 g/mol. The molecule has 2 heterocycles. The molecule has 1 N–H and O–H groups in total. The van der Waals surface area contributed by atoms with Crippen molar-refractivity contribution < 1.29 is 0 Å². The maximum absolute atomic E-state index is 4.71. The van der Waals surface area contributed by atoms with Gasteiger partial charge in [0.05, 0.1) is 23.4 Å². The van der Waals surface area contributed by atoms with Gasteiger partial charge >= 0.3 is 0 Å². The summed E-state index contributed by atoms with van der Waals surface area (Å²) in [4.78, 5) is 11.5. The maximum Gasteiger partial charge on any atom is 0.194 e. The Kier molecular flexibility index (Phi) is 8.68. The summed E-state index contributed by atoms with van der Waals surface area (Å²) < 4.78 is 1.82. The summed E-state index contributed by atoms with van der Waals surface area (Å²) in [6.45, 7) is 8.61. The lowest BCUT2D eigenvalue weighted by Gasteiger charge is -2.21. The van der Waals surface area contributed by atoms with Gasteiger partial charge in [0.15, 0.2) is 5.96 Å². The van der Waals surface area contributed by atoms with E-state index in [-0.39, 0.29) is 24.0 Å². The van der Waals surface area contributed by atoms with Gasteiger partial charge in [0.2, 0.25) is 0 Å². The van der Waals surface area contributed by atoms with Gasteiger partial charge in [-0.05, 0) is 6.92 Å². The van der Waals surface area contributed by atoms with Crippen LogP contribution in [-0.4, -0.2) is 39.2 Å². The van der Waals surface area contributed by atoms with Gasteiger partial charge in [-0.25, -0.2) is 9.98 Å². The molecule has 134 valence electrons. The Balaban J connectivity index is 0.00000288. The first-order valence-corrected chi connectivity index (χ1v) is 8.78. The molecule has 0 aliphatic rings. The van der Waals surface area contributed by atoms with Gasteiger partial charge in [0.1, 0.15) is 0 Å². The summed E-state index contributed by atoms with van der Waals surface area (Å²) in [5.74, 6) is 1.36. The zero-order valence-corrected chi connectivity index (χ0v) is 18.1. The molecule has 0 saturated heterocycles. The van der Waals surface area contributed by atoms with Gasteiger partial charge in [-0.1, -0.05) is 13.8 Å². The topological polar surface area (TPSA) is 58.3 Å². The highest BCUT2D eigenvalue weighted by molar-refractivity contribution is 14.0. The molecule has 8 heteroatoms. The predicted octanol–water partition coefficient (Wildman–Crippen LogP) is 3.22. The average Bonchev–Trinajstić information content (AvgIpc) is 3.12. The lowest BCUT2D eigenvalue weighted by molar-refractivity contribution is 0.476. The normalized spacial score (nSPS) is 11.5. The number of hydrogen-bond acceptors (Lipinski definition) is 4. The van der Waals surface area contributed by atoms with E-state index in [1.807, 2.05) is 31.2 Å². The number of guanidine groups is 1. The number of hydrogen-bond donors (Lipinski definition) is 1. The Labute approximate surface area is 165 Å². The van der Waals surface area contributed by atoms with Crippen molar-refractivity contribution in [2.45, 2.75) is 39.8 Å². The minimum Gasteiger partial charge on any atom is -0.357 e. The lowest BCUT2D eigenvalue weighted by atomic mass is 10.2. The SMILES string of the molecule is CCNC(=NCc1csc(C(C)C)n1)N(C)Cc1cnn(C)c1.I. The molecule has 2 aromatic rings. The minimum absolute atomic E-state index is 0. The van der Waals surface area contributed by atoms with Crippen molar-refractivity contribution in [3.8, 4) is 0 Å². The zero-order chi connectivity index (χ0) is 16.8. The Morgan fingerprint density at radius 1 is 1.46 bits per heavy atom. The van der Waals surface area contributed by atoms with Gasteiger partial charge in [0, 0.05) is 50.2 Å². The minimum atomic E-state index is 0. The highest BCUT2D eigenvalue weighted by Gasteiger charge is 2.09. The largest absolute Gasteiger partial charge is 0.357 e. The molecule has 0 aliphatic carbocycles. The fourth-order valence-corrected chi connectivity index (χ4v) is 3.01. The maximum atomic E-state index is 4.71. The van der Waals surface area contributed by atoms with Crippen molar-refractivity contribution in [3.05, 3.63) is 34.0 Å². The second kappa shape index (κ2) is 9.97. The highest BCUT2D eigenvalue weighted by atomic mass is 127. The van der Waals surface area contributed by atoms with Gasteiger partial charge in [0.25, 0.3) is 0 Å². The molecule has 0 bridgehead atoms. The molecule has 0 atom stereocenters. The van der Waals surface area contributed by atoms with E-state index in [9.17, 15) is 0 Å². The fourth-order valence-electron chi connectivity index (χ4n) is 2.19. The predicted molar refractivity (Wildman–Crippen MR) is 111 cm³/mol. The molecular weight excluding hydrogens is 435 g/mol. The molecule has 24 heavy (non-hydrogen) atoms. The van der Waals surface area contributed by atoms with E-state index in [4.69, 9.17) is 4.99 Å². The molecule has 6 nitrogen and oxygen atoms in total. The third-order valence-electron chi connectivity index (χ3n) is 3.33. The van der Waals surface area contributed by atoms with Crippen LogP contribution in [-0.2, 0) is 20.1 Å². The number of aromatic nitrogens is 3. The first kappa shape index (κ1) is 20.9. The molecule has 0 fully saturated rings. The molecule has 0 spiro atoms. The molecule has 0 amide bonds. The van der Waals surface area contributed by atoms with Crippen LogP contribution in [0.1, 0.15) is 43.0 Å². The van der Waals surface area contributed by atoms with E-state index in [1.54, 1.807) is 11.3 Å². The summed E-state index contributed by atoms with van der Waals surface area (Å²) in [5.41, 5.74) is 2.19. The number of rotatable bonds is 6. The molecule has 0 unspecified atom stereocenters. The Morgan fingerprint density at radius 3 is 2.75 bits per heavy atom. The van der Waals surface area contributed by atoms with Crippen LogP contribution in [0.4, 0.5) is 0 Å². The van der Waals surface area contributed by atoms with Crippen LogP contribution in [0.25, 0.3) is 0 Å². The van der Waals surface area contributed by atoms with Gasteiger partial charge in [-0.2, -0.15) is 5.10 Å². The third kappa shape index (κ3) is 6.04. The van der Waals surface area contributed by atoms with Crippen LogP contribution in [0.15, 0.2) is 22.8 Å². The van der Waals surface area contributed by atoms with Crippen LogP contribution < -0.4 is 5.32 Å². The van der Waals surface area contributed by atoms with Crippen LogP contribution in [0.2, 0.25) is 0 Å². The summed E-state index contributed by atoms with van der Waals surface area (Å²) in [5, 5.41) is 10.8. The number of thiazole rings is 1. The Hall–Kier alpha value is -1.16. The standard InChI is InChI=1S/C16H26N6S.HI/c1-6-17-16(21(4)9-13-7-19-22(5)10-13)18-8-14-11-23-15(20-14)12(2)3;/h7,10-12H,6,8-9H2,1-5H3,(H,17,18);1H. The average molecular weight is 462 g/mol. The number of aryl methyl sites for hydroxylation is 1. The van der Waals surface area contributed by atoms with E-state index in [0.717, 1.165) is 30.3 Å². The van der Waals surface area contributed by atoms with Crippen molar-refractivity contribution in [3.63, 3.8) is 0 Å².